The molecule has 4 heteroatoms. The van der Waals surface area contributed by atoms with E-state index >= 15 is 0 Å². The average Bonchev–Trinajstić information content (AvgIpc) is 2.76. The minimum Gasteiger partial charge on any atom is -0.364 e. The van der Waals surface area contributed by atoms with Gasteiger partial charge in [0.1, 0.15) is 0 Å². The van der Waals surface area contributed by atoms with Crippen LogP contribution in [0.5, 0.6) is 0 Å². The van der Waals surface area contributed by atoms with Crippen molar-refractivity contribution in [3.63, 3.8) is 0 Å². The second-order valence-corrected chi connectivity index (χ2v) is 4.64. The minimum absolute atomic E-state index is 0.530. The molecule has 1 heterocycles. The summed E-state index contributed by atoms with van der Waals surface area (Å²) < 4.78 is 11.4. The van der Waals surface area contributed by atoms with E-state index in [-0.39, 0.29) is 0 Å². The fourth-order valence-corrected chi connectivity index (χ4v) is 2.77. The third kappa shape index (κ3) is 1.87. The Kier molecular flexibility index (Phi) is 2.67. The summed E-state index contributed by atoms with van der Waals surface area (Å²) in [4.78, 5) is 0. The molecule has 0 bridgehead atoms. The Balaban J connectivity index is 1.99. The third-order valence-electron chi connectivity index (χ3n) is 3.62. The Morgan fingerprint density at radius 1 is 1.18 bits per heavy atom. The molecule has 1 aromatic carbocycles. The van der Waals surface area contributed by atoms with E-state index in [9.17, 15) is 10.2 Å². The Hall–Kier alpha value is -0.940. The molecule has 17 heavy (non-hydrogen) atoms. The van der Waals surface area contributed by atoms with Gasteiger partial charge in [0.15, 0.2) is 12.1 Å². The van der Waals surface area contributed by atoms with Gasteiger partial charge in [-0.3, -0.25) is 0 Å². The molecule has 1 spiro atoms. The van der Waals surface area contributed by atoms with Crippen LogP contribution >= 0.6 is 0 Å². The maximum Gasteiger partial charge on any atom is 0.178 e. The van der Waals surface area contributed by atoms with E-state index in [2.05, 4.69) is 0 Å². The second kappa shape index (κ2) is 4.07. The Morgan fingerprint density at radius 2 is 1.94 bits per heavy atom. The molecule has 3 rings (SSSR count). The van der Waals surface area contributed by atoms with E-state index in [4.69, 9.17) is 9.47 Å². The lowest BCUT2D eigenvalue weighted by Crippen LogP contribution is -2.37. The highest BCUT2D eigenvalue weighted by Crippen LogP contribution is 2.37. The molecule has 2 aliphatic rings. The maximum absolute atomic E-state index is 9.38. The van der Waals surface area contributed by atoms with Crippen LogP contribution in [0.4, 0.5) is 0 Å². The zero-order chi connectivity index (χ0) is 11.9. The molecule has 0 atom stereocenters. The average molecular weight is 236 g/mol. The lowest BCUT2D eigenvalue weighted by molar-refractivity contribution is -0.164. The van der Waals surface area contributed by atoms with E-state index in [1.165, 1.54) is 5.56 Å². The predicted molar refractivity (Wildman–Crippen MR) is 60.3 cm³/mol. The van der Waals surface area contributed by atoms with Crippen LogP contribution in [0, 0.1) is 0 Å². The van der Waals surface area contributed by atoms with Crippen molar-refractivity contribution in [1.29, 1.82) is 0 Å². The van der Waals surface area contributed by atoms with Gasteiger partial charge in [0.2, 0.25) is 0 Å². The van der Waals surface area contributed by atoms with Gasteiger partial charge in [-0.25, -0.2) is 0 Å². The molecule has 1 aliphatic heterocycles. The van der Waals surface area contributed by atoms with Crippen molar-refractivity contribution >= 4 is 0 Å². The Bertz CT molecular complexity index is 421. The Morgan fingerprint density at radius 3 is 2.65 bits per heavy atom. The zero-order valence-electron chi connectivity index (χ0n) is 9.56. The highest BCUT2D eigenvalue weighted by atomic mass is 16.7. The van der Waals surface area contributed by atoms with Crippen LogP contribution in [0.2, 0.25) is 0 Å². The van der Waals surface area contributed by atoms with E-state index in [0.29, 0.717) is 25.2 Å². The number of rotatable bonds is 1. The first kappa shape index (κ1) is 11.2. The topological polar surface area (TPSA) is 58.9 Å². The van der Waals surface area contributed by atoms with Gasteiger partial charge >= 0.3 is 0 Å². The molecule has 0 unspecified atom stereocenters. The first-order valence-corrected chi connectivity index (χ1v) is 5.95. The molecule has 1 aromatic rings. The first-order chi connectivity index (χ1) is 8.20. The fourth-order valence-electron chi connectivity index (χ4n) is 2.77. The largest absolute Gasteiger partial charge is 0.364 e. The number of hydrogen-bond donors (Lipinski definition) is 2. The van der Waals surface area contributed by atoms with Crippen molar-refractivity contribution < 1.29 is 19.7 Å². The molecule has 2 N–H and O–H groups in total. The number of ether oxygens (including phenoxy) is 2. The van der Waals surface area contributed by atoms with Crippen molar-refractivity contribution in [2.75, 3.05) is 13.2 Å². The minimum atomic E-state index is -1.43. The summed E-state index contributed by atoms with van der Waals surface area (Å²) in [5.74, 6) is -0.530. The summed E-state index contributed by atoms with van der Waals surface area (Å²) in [6, 6.07) is 5.64. The third-order valence-corrected chi connectivity index (χ3v) is 3.62. The van der Waals surface area contributed by atoms with Crippen molar-refractivity contribution in [2.24, 2.45) is 0 Å². The quantitative estimate of drug-likeness (QED) is 0.711. The van der Waals surface area contributed by atoms with E-state index < -0.39 is 12.1 Å². The number of benzene rings is 1. The fraction of sp³-hybridized carbons (Fsp3) is 0.538. The monoisotopic (exact) mass is 236 g/mol. The van der Waals surface area contributed by atoms with E-state index in [1.54, 1.807) is 6.07 Å². The predicted octanol–water partition coefficient (Wildman–Crippen LogP) is 0.902. The molecule has 0 aromatic heterocycles. The Labute approximate surface area is 99.8 Å². The van der Waals surface area contributed by atoms with Gasteiger partial charge in [0.05, 0.1) is 13.2 Å². The summed E-state index contributed by atoms with van der Waals surface area (Å²) in [6.07, 6.45) is 0.873. The molecule has 0 saturated carbocycles. The van der Waals surface area contributed by atoms with Crippen LogP contribution in [-0.4, -0.2) is 29.2 Å². The van der Waals surface area contributed by atoms with Crippen molar-refractivity contribution in [3.05, 3.63) is 34.9 Å². The molecular weight excluding hydrogens is 220 g/mol. The van der Waals surface area contributed by atoms with Crippen LogP contribution in [-0.2, 0) is 22.3 Å². The molecule has 1 saturated heterocycles. The molecule has 1 aliphatic carbocycles. The summed E-state index contributed by atoms with van der Waals surface area (Å²) in [5.41, 5.74) is 2.71. The number of aliphatic hydroxyl groups excluding tert-OH is 1. The molecule has 4 nitrogen and oxygen atoms in total. The molecule has 0 radical (unpaired) electrons. The van der Waals surface area contributed by atoms with Gasteiger partial charge in [-0.2, -0.15) is 0 Å². The first-order valence-electron chi connectivity index (χ1n) is 5.95. The molecule has 1 fully saturated rings. The lowest BCUT2D eigenvalue weighted by Gasteiger charge is -2.34. The van der Waals surface area contributed by atoms with E-state index in [1.807, 2.05) is 12.1 Å². The summed E-state index contributed by atoms with van der Waals surface area (Å²) in [5, 5.41) is 18.8. The number of hydrogen-bond acceptors (Lipinski definition) is 4. The maximum atomic E-state index is 9.38. The smallest absolute Gasteiger partial charge is 0.178 e. The molecule has 92 valence electrons. The molecular formula is C13H16O4. The number of aryl methyl sites for hydroxylation is 1. The summed E-state index contributed by atoms with van der Waals surface area (Å²) in [7, 11) is 0. The van der Waals surface area contributed by atoms with Gasteiger partial charge in [-0.05, 0) is 17.5 Å². The van der Waals surface area contributed by atoms with Crippen molar-refractivity contribution in [2.45, 2.75) is 31.3 Å². The zero-order valence-corrected chi connectivity index (χ0v) is 9.56. The van der Waals surface area contributed by atoms with Crippen LogP contribution < -0.4 is 0 Å². The van der Waals surface area contributed by atoms with Crippen LogP contribution in [0.3, 0.4) is 0 Å². The second-order valence-electron chi connectivity index (χ2n) is 4.64. The highest BCUT2D eigenvalue weighted by Gasteiger charge is 2.40. The number of fused-ring (bicyclic) bond motifs is 1. The number of aliphatic hydroxyl groups is 2. The van der Waals surface area contributed by atoms with Crippen molar-refractivity contribution in [3.8, 4) is 0 Å². The lowest BCUT2D eigenvalue weighted by atomic mass is 9.84. The van der Waals surface area contributed by atoms with Crippen LogP contribution in [0.15, 0.2) is 18.2 Å². The molecule has 0 amide bonds. The SMILES string of the molecule is OC(O)c1cccc2c1CC1(CC2)OCCO1. The van der Waals surface area contributed by atoms with Crippen LogP contribution in [0.1, 0.15) is 29.4 Å². The van der Waals surface area contributed by atoms with Gasteiger partial charge in [-0.1, -0.05) is 18.2 Å². The van der Waals surface area contributed by atoms with Gasteiger partial charge in [0.25, 0.3) is 0 Å². The van der Waals surface area contributed by atoms with Gasteiger partial charge in [-0.15, -0.1) is 0 Å². The van der Waals surface area contributed by atoms with Crippen molar-refractivity contribution in [1.82, 2.24) is 0 Å². The summed E-state index contributed by atoms with van der Waals surface area (Å²) >= 11 is 0. The summed E-state index contributed by atoms with van der Waals surface area (Å²) in [6.45, 7) is 1.25. The van der Waals surface area contributed by atoms with Gasteiger partial charge in [0, 0.05) is 18.4 Å². The standard InChI is InChI=1S/C13H16O4/c14-12(15)10-3-1-2-9-4-5-13(8-11(9)10)16-6-7-17-13/h1-3,12,14-15H,4-8H2. The van der Waals surface area contributed by atoms with Crippen LogP contribution in [0.25, 0.3) is 0 Å². The van der Waals surface area contributed by atoms with Gasteiger partial charge < -0.3 is 19.7 Å². The normalized spacial score (nSPS) is 22.1. The highest BCUT2D eigenvalue weighted by molar-refractivity contribution is 5.39. The van der Waals surface area contributed by atoms with E-state index in [0.717, 1.165) is 18.4 Å².